The van der Waals surface area contributed by atoms with Gasteiger partial charge in [0.2, 0.25) is 0 Å². The van der Waals surface area contributed by atoms with Gasteiger partial charge in [0.1, 0.15) is 0 Å². The molecule has 2 heteroatoms. The Bertz CT molecular complexity index is 754. The number of hydrogen-bond acceptors (Lipinski definition) is 2. The van der Waals surface area contributed by atoms with Gasteiger partial charge < -0.3 is 5.11 Å². The van der Waals surface area contributed by atoms with Crippen LogP contribution in [-0.4, -0.2) is 10.1 Å². The van der Waals surface area contributed by atoms with Crippen LogP contribution >= 0.6 is 0 Å². The summed E-state index contributed by atoms with van der Waals surface area (Å²) in [5.74, 6) is 0. The van der Waals surface area contributed by atoms with Crippen molar-refractivity contribution >= 4 is 10.9 Å². The second-order valence-corrected chi connectivity index (χ2v) is 5.51. The molecule has 0 fully saturated rings. The highest BCUT2D eigenvalue weighted by molar-refractivity contribution is 5.81. The molecule has 1 aromatic heterocycles. The first-order valence-electron chi connectivity index (χ1n) is 7.23. The zero-order chi connectivity index (χ0) is 14.8. The Morgan fingerprint density at radius 1 is 0.952 bits per heavy atom. The number of benzene rings is 2. The topological polar surface area (TPSA) is 33.1 Å². The molecule has 1 N–H and O–H groups in total. The molecular weight excluding hydrogens is 258 g/mol. The van der Waals surface area contributed by atoms with E-state index >= 15 is 0 Å². The van der Waals surface area contributed by atoms with Crippen molar-refractivity contribution in [2.75, 3.05) is 0 Å². The van der Waals surface area contributed by atoms with Crippen molar-refractivity contribution in [2.45, 2.75) is 26.4 Å². The van der Waals surface area contributed by atoms with E-state index < -0.39 is 6.10 Å². The monoisotopic (exact) mass is 277 g/mol. The van der Waals surface area contributed by atoms with Crippen LogP contribution in [-0.2, 0) is 6.42 Å². The first-order chi connectivity index (χ1) is 10.2. The second kappa shape index (κ2) is 5.66. The van der Waals surface area contributed by atoms with Gasteiger partial charge in [-0.15, -0.1) is 0 Å². The Kier molecular flexibility index (Phi) is 3.72. The van der Waals surface area contributed by atoms with Crippen molar-refractivity contribution < 1.29 is 5.11 Å². The molecule has 1 heterocycles. The van der Waals surface area contributed by atoms with E-state index in [1.54, 1.807) is 6.20 Å². The molecule has 0 aliphatic heterocycles. The number of aryl methyl sites for hydroxylation is 2. The fraction of sp³-hybridized carbons (Fsp3) is 0.211. The molecule has 106 valence electrons. The Labute approximate surface area is 125 Å². The third-order valence-corrected chi connectivity index (χ3v) is 4.06. The lowest BCUT2D eigenvalue weighted by Gasteiger charge is -2.16. The average molecular weight is 277 g/mol. The molecule has 2 nitrogen and oxygen atoms in total. The van der Waals surface area contributed by atoms with Gasteiger partial charge in [-0.1, -0.05) is 42.5 Å². The van der Waals surface area contributed by atoms with Gasteiger partial charge in [-0.05, 0) is 36.6 Å². The molecule has 1 atom stereocenters. The van der Waals surface area contributed by atoms with Crippen LogP contribution in [0.5, 0.6) is 0 Å². The minimum atomic E-state index is -0.539. The molecule has 0 aliphatic rings. The maximum atomic E-state index is 10.7. The van der Waals surface area contributed by atoms with Gasteiger partial charge in [0.05, 0.1) is 11.6 Å². The van der Waals surface area contributed by atoms with Crippen molar-refractivity contribution in [3.8, 4) is 0 Å². The molecule has 1 unspecified atom stereocenters. The van der Waals surface area contributed by atoms with Crippen LogP contribution in [0.1, 0.15) is 28.4 Å². The number of aromatic nitrogens is 1. The molecule has 3 aromatic rings. The normalized spacial score (nSPS) is 12.5. The van der Waals surface area contributed by atoms with Gasteiger partial charge >= 0.3 is 0 Å². The largest absolute Gasteiger partial charge is 0.388 e. The van der Waals surface area contributed by atoms with Gasteiger partial charge in [-0.25, -0.2) is 0 Å². The fourth-order valence-corrected chi connectivity index (χ4v) is 2.87. The lowest BCUT2D eigenvalue weighted by molar-refractivity contribution is 0.179. The van der Waals surface area contributed by atoms with Gasteiger partial charge in [0.25, 0.3) is 0 Å². The number of fused-ring (bicyclic) bond motifs is 1. The van der Waals surface area contributed by atoms with E-state index in [1.807, 2.05) is 30.3 Å². The van der Waals surface area contributed by atoms with E-state index in [0.717, 1.165) is 16.5 Å². The van der Waals surface area contributed by atoms with Crippen LogP contribution < -0.4 is 0 Å². The van der Waals surface area contributed by atoms with Crippen LogP contribution in [0.3, 0.4) is 0 Å². The summed E-state index contributed by atoms with van der Waals surface area (Å²) in [5, 5.41) is 11.7. The summed E-state index contributed by atoms with van der Waals surface area (Å²) >= 11 is 0. The van der Waals surface area contributed by atoms with Gasteiger partial charge in [0.15, 0.2) is 0 Å². The fourth-order valence-electron chi connectivity index (χ4n) is 2.87. The number of rotatable bonds is 3. The highest BCUT2D eigenvalue weighted by atomic mass is 16.3. The molecule has 0 aliphatic carbocycles. The van der Waals surface area contributed by atoms with E-state index in [-0.39, 0.29) is 0 Å². The minimum absolute atomic E-state index is 0.539. The van der Waals surface area contributed by atoms with E-state index in [9.17, 15) is 5.11 Å². The Balaban J connectivity index is 2.00. The van der Waals surface area contributed by atoms with Crippen molar-refractivity contribution in [3.63, 3.8) is 0 Å². The van der Waals surface area contributed by atoms with Crippen LogP contribution in [0.15, 0.2) is 54.7 Å². The number of aliphatic hydroxyl groups excluding tert-OH is 1. The van der Waals surface area contributed by atoms with Crippen molar-refractivity contribution in [3.05, 3.63) is 77.0 Å². The van der Waals surface area contributed by atoms with E-state index in [4.69, 9.17) is 0 Å². The van der Waals surface area contributed by atoms with Crippen molar-refractivity contribution in [2.24, 2.45) is 0 Å². The van der Waals surface area contributed by atoms with E-state index in [1.165, 1.54) is 16.7 Å². The maximum absolute atomic E-state index is 10.7. The first kappa shape index (κ1) is 13.8. The molecule has 0 saturated carbocycles. The van der Waals surface area contributed by atoms with Crippen molar-refractivity contribution in [1.29, 1.82) is 0 Å². The second-order valence-electron chi connectivity index (χ2n) is 5.51. The minimum Gasteiger partial charge on any atom is -0.388 e. The van der Waals surface area contributed by atoms with Crippen LogP contribution in [0.2, 0.25) is 0 Å². The number of pyridine rings is 1. The van der Waals surface area contributed by atoms with Crippen LogP contribution in [0.4, 0.5) is 0 Å². The summed E-state index contributed by atoms with van der Waals surface area (Å²) in [4.78, 5) is 4.43. The lowest BCUT2D eigenvalue weighted by Crippen LogP contribution is -2.06. The lowest BCUT2D eigenvalue weighted by atomic mass is 9.93. The zero-order valence-electron chi connectivity index (χ0n) is 12.4. The van der Waals surface area contributed by atoms with Crippen LogP contribution in [0.25, 0.3) is 10.9 Å². The van der Waals surface area contributed by atoms with E-state index in [0.29, 0.717) is 6.42 Å². The third-order valence-electron chi connectivity index (χ3n) is 4.06. The predicted octanol–water partition coefficient (Wildman–Crippen LogP) is 4.13. The molecule has 0 spiro atoms. The number of nitrogens with zero attached hydrogens (tertiary/aromatic N) is 1. The van der Waals surface area contributed by atoms with Gasteiger partial charge in [-0.2, -0.15) is 0 Å². The highest BCUT2D eigenvalue weighted by Gasteiger charge is 2.15. The summed E-state index contributed by atoms with van der Waals surface area (Å²) in [6.45, 7) is 4.19. The summed E-state index contributed by atoms with van der Waals surface area (Å²) < 4.78 is 0. The van der Waals surface area contributed by atoms with Gasteiger partial charge in [0, 0.05) is 23.6 Å². The van der Waals surface area contributed by atoms with E-state index in [2.05, 4.69) is 37.0 Å². The predicted molar refractivity (Wildman–Crippen MR) is 86.3 cm³/mol. The third kappa shape index (κ3) is 2.67. The average Bonchev–Trinajstić information content (AvgIpc) is 2.50. The molecule has 0 amide bonds. The molecule has 0 bridgehead atoms. The molecule has 0 radical (unpaired) electrons. The summed E-state index contributed by atoms with van der Waals surface area (Å²) in [6.07, 6.45) is 1.86. The number of para-hydroxylation sites is 1. The molecule has 2 aromatic carbocycles. The number of hydrogen-bond donors (Lipinski definition) is 1. The van der Waals surface area contributed by atoms with Crippen molar-refractivity contribution in [1.82, 2.24) is 4.98 Å². The maximum Gasteiger partial charge on any atom is 0.0851 e. The van der Waals surface area contributed by atoms with Gasteiger partial charge in [-0.3, -0.25) is 4.98 Å². The summed E-state index contributed by atoms with van der Waals surface area (Å²) in [5.41, 5.74) is 5.46. The summed E-state index contributed by atoms with van der Waals surface area (Å²) in [6, 6.07) is 16.2. The zero-order valence-corrected chi connectivity index (χ0v) is 12.4. The number of aliphatic hydroxyl groups is 1. The Hall–Kier alpha value is -2.19. The van der Waals surface area contributed by atoms with Crippen LogP contribution in [0, 0.1) is 13.8 Å². The standard InChI is InChI=1S/C19H19NO/c1-13-6-3-7-14(2)17(13)12-18(21)16-10-4-8-15-9-5-11-20-19(15)16/h3-11,18,21H,12H2,1-2H3. The summed E-state index contributed by atoms with van der Waals surface area (Å²) in [7, 11) is 0. The Morgan fingerprint density at radius 3 is 2.38 bits per heavy atom. The molecule has 0 saturated heterocycles. The molecule has 21 heavy (non-hydrogen) atoms. The smallest absolute Gasteiger partial charge is 0.0851 e. The Morgan fingerprint density at radius 2 is 1.62 bits per heavy atom. The SMILES string of the molecule is Cc1cccc(C)c1CC(O)c1cccc2cccnc12. The molecular formula is C19H19NO. The highest BCUT2D eigenvalue weighted by Crippen LogP contribution is 2.27. The quantitative estimate of drug-likeness (QED) is 0.781. The first-order valence-corrected chi connectivity index (χ1v) is 7.23. The molecule has 3 rings (SSSR count).